The third-order valence-electron chi connectivity index (χ3n) is 6.75. The van der Waals surface area contributed by atoms with E-state index < -0.39 is 0 Å². The first-order chi connectivity index (χ1) is 12.1. The minimum Gasteiger partial charge on any atom is -0.427 e. The molecule has 2 aromatic rings. The van der Waals surface area contributed by atoms with Crippen LogP contribution in [0, 0.1) is 11.8 Å². The standard InChI is InChI=1S/C21H26N2O2/c1-3-14-8-13-9-18-20-16(6-7-23(11-13)21(14)18)17-10-15(25-12(2)24)4-5-19(17)22-20/h4-5,10,13-14,18,21-22H,3,6-9,11H2,1-2H3/t13-,14-,18-,21?/m0/s1. The molecule has 1 N–H and O–H groups in total. The van der Waals surface area contributed by atoms with E-state index >= 15 is 0 Å². The lowest BCUT2D eigenvalue weighted by atomic mass is 9.65. The van der Waals surface area contributed by atoms with Gasteiger partial charge in [0.1, 0.15) is 5.75 Å². The van der Waals surface area contributed by atoms with E-state index in [0.29, 0.717) is 17.7 Å². The highest BCUT2D eigenvalue weighted by Crippen LogP contribution is 2.51. The number of hydrogen-bond donors (Lipinski definition) is 1. The molecule has 1 aliphatic carbocycles. The summed E-state index contributed by atoms with van der Waals surface area (Å²) < 4.78 is 5.32. The third-order valence-corrected chi connectivity index (χ3v) is 6.75. The molecule has 1 aromatic heterocycles. The SMILES string of the molecule is CC[C@H]1C[C@H]2C[C@H]3c4[nH]c5ccc(OC(C)=O)cc5c4CCN(C2)C13. The highest BCUT2D eigenvalue weighted by molar-refractivity contribution is 5.87. The smallest absolute Gasteiger partial charge is 0.308 e. The average Bonchev–Trinajstić information content (AvgIpc) is 2.91. The normalized spacial score (nSPS) is 33.1. The Balaban J connectivity index is 1.61. The number of carbonyl (C=O) groups is 1. The van der Waals surface area contributed by atoms with E-state index in [1.165, 1.54) is 54.9 Å². The number of nitrogens with one attached hydrogen (secondary N) is 1. The number of esters is 1. The van der Waals surface area contributed by atoms with Crippen LogP contribution in [0.4, 0.5) is 0 Å². The van der Waals surface area contributed by atoms with Crippen LogP contribution in [0.2, 0.25) is 0 Å². The van der Waals surface area contributed by atoms with Gasteiger partial charge in [-0.2, -0.15) is 0 Å². The van der Waals surface area contributed by atoms with Gasteiger partial charge in [0.15, 0.2) is 0 Å². The van der Waals surface area contributed by atoms with Crippen molar-refractivity contribution in [2.75, 3.05) is 13.1 Å². The predicted molar refractivity (Wildman–Crippen MR) is 97.9 cm³/mol. The van der Waals surface area contributed by atoms with Crippen molar-refractivity contribution < 1.29 is 9.53 Å². The molecule has 3 fully saturated rings. The van der Waals surface area contributed by atoms with Crippen LogP contribution in [0.5, 0.6) is 5.75 Å². The molecule has 6 rings (SSSR count). The van der Waals surface area contributed by atoms with Crippen LogP contribution in [0.1, 0.15) is 50.3 Å². The second-order valence-electron chi connectivity index (χ2n) is 8.17. The molecular formula is C21H26N2O2. The van der Waals surface area contributed by atoms with Crippen LogP contribution in [0.15, 0.2) is 18.2 Å². The van der Waals surface area contributed by atoms with Gasteiger partial charge in [-0.3, -0.25) is 9.69 Å². The molecule has 1 aromatic carbocycles. The highest BCUT2D eigenvalue weighted by atomic mass is 16.5. The van der Waals surface area contributed by atoms with Gasteiger partial charge in [-0.15, -0.1) is 0 Å². The van der Waals surface area contributed by atoms with Crippen molar-refractivity contribution in [3.8, 4) is 5.75 Å². The van der Waals surface area contributed by atoms with Crippen molar-refractivity contribution >= 4 is 16.9 Å². The largest absolute Gasteiger partial charge is 0.427 e. The van der Waals surface area contributed by atoms with Gasteiger partial charge in [-0.05, 0) is 54.9 Å². The van der Waals surface area contributed by atoms with Crippen LogP contribution in [0.3, 0.4) is 0 Å². The predicted octanol–water partition coefficient (Wildman–Crippen LogP) is 3.85. The maximum absolute atomic E-state index is 11.3. The van der Waals surface area contributed by atoms with Crippen LogP contribution in [-0.2, 0) is 11.2 Å². The molecule has 4 nitrogen and oxygen atoms in total. The zero-order valence-corrected chi connectivity index (χ0v) is 15.0. The zero-order valence-electron chi connectivity index (χ0n) is 15.0. The van der Waals surface area contributed by atoms with E-state index in [9.17, 15) is 4.79 Å². The summed E-state index contributed by atoms with van der Waals surface area (Å²) in [6.07, 6.45) is 5.13. The Labute approximate surface area is 148 Å². The number of fused-ring (bicyclic) bond motifs is 4. The van der Waals surface area contributed by atoms with Gasteiger partial charge in [0.25, 0.3) is 0 Å². The Morgan fingerprint density at radius 1 is 1.36 bits per heavy atom. The van der Waals surface area contributed by atoms with Crippen molar-refractivity contribution in [2.45, 2.75) is 51.5 Å². The van der Waals surface area contributed by atoms with E-state index in [2.05, 4.69) is 22.9 Å². The maximum Gasteiger partial charge on any atom is 0.308 e. The minimum atomic E-state index is -0.258. The molecule has 4 heteroatoms. The molecule has 132 valence electrons. The number of aromatic nitrogens is 1. The first-order valence-electron chi connectivity index (χ1n) is 9.71. The summed E-state index contributed by atoms with van der Waals surface area (Å²) in [5.74, 6) is 2.73. The lowest BCUT2D eigenvalue weighted by Gasteiger charge is -2.53. The van der Waals surface area contributed by atoms with Crippen molar-refractivity contribution in [2.24, 2.45) is 11.8 Å². The maximum atomic E-state index is 11.3. The van der Waals surface area contributed by atoms with Crippen LogP contribution in [-0.4, -0.2) is 35.0 Å². The number of piperidine rings is 2. The number of H-pyrrole nitrogens is 1. The van der Waals surface area contributed by atoms with E-state index in [-0.39, 0.29) is 5.97 Å². The fourth-order valence-corrected chi connectivity index (χ4v) is 5.90. The molecule has 0 amide bonds. The van der Waals surface area contributed by atoms with Crippen molar-refractivity contribution in [3.05, 3.63) is 29.5 Å². The van der Waals surface area contributed by atoms with Gasteiger partial charge in [0.2, 0.25) is 0 Å². The Morgan fingerprint density at radius 2 is 2.24 bits per heavy atom. The minimum absolute atomic E-state index is 0.258. The number of carbonyl (C=O) groups excluding carboxylic acids is 1. The first-order valence-corrected chi connectivity index (χ1v) is 9.71. The monoisotopic (exact) mass is 338 g/mol. The number of hydrogen-bond acceptors (Lipinski definition) is 3. The summed E-state index contributed by atoms with van der Waals surface area (Å²) in [5.41, 5.74) is 4.10. The molecule has 4 bridgehead atoms. The van der Waals surface area contributed by atoms with E-state index in [0.717, 1.165) is 24.8 Å². The summed E-state index contributed by atoms with van der Waals surface area (Å²) >= 11 is 0. The molecule has 4 aliphatic rings. The van der Waals surface area contributed by atoms with Crippen LogP contribution < -0.4 is 4.74 Å². The highest BCUT2D eigenvalue weighted by Gasteiger charge is 2.48. The lowest BCUT2D eigenvalue weighted by Crippen LogP contribution is -2.56. The molecule has 25 heavy (non-hydrogen) atoms. The second-order valence-corrected chi connectivity index (χ2v) is 8.17. The van der Waals surface area contributed by atoms with Crippen LogP contribution >= 0.6 is 0 Å². The van der Waals surface area contributed by atoms with Crippen molar-refractivity contribution in [1.82, 2.24) is 9.88 Å². The van der Waals surface area contributed by atoms with Gasteiger partial charge in [0, 0.05) is 48.6 Å². The Kier molecular flexibility index (Phi) is 3.46. The van der Waals surface area contributed by atoms with Crippen molar-refractivity contribution in [1.29, 1.82) is 0 Å². The van der Waals surface area contributed by atoms with Gasteiger partial charge < -0.3 is 9.72 Å². The number of benzene rings is 1. The fraction of sp³-hybridized carbons (Fsp3) is 0.571. The number of ether oxygens (including phenoxy) is 1. The molecule has 4 heterocycles. The Morgan fingerprint density at radius 3 is 3.04 bits per heavy atom. The van der Waals surface area contributed by atoms with E-state index in [1.807, 2.05) is 12.1 Å². The topological polar surface area (TPSA) is 45.3 Å². The molecule has 3 aliphatic heterocycles. The molecule has 5 atom stereocenters. The first kappa shape index (κ1) is 15.4. The molecule has 0 spiro atoms. The number of aromatic amines is 1. The molecule has 2 saturated heterocycles. The average molecular weight is 338 g/mol. The molecule has 1 saturated carbocycles. The van der Waals surface area contributed by atoms with Crippen LogP contribution in [0.25, 0.3) is 10.9 Å². The summed E-state index contributed by atoms with van der Waals surface area (Å²) in [6, 6.07) is 6.72. The zero-order chi connectivity index (χ0) is 17.1. The summed E-state index contributed by atoms with van der Waals surface area (Å²) in [6.45, 7) is 6.26. The summed E-state index contributed by atoms with van der Waals surface area (Å²) in [4.78, 5) is 17.8. The van der Waals surface area contributed by atoms with Crippen molar-refractivity contribution in [3.63, 3.8) is 0 Å². The Bertz CT molecular complexity index is 840. The van der Waals surface area contributed by atoms with Gasteiger partial charge in [0.05, 0.1) is 0 Å². The van der Waals surface area contributed by atoms with E-state index in [4.69, 9.17) is 4.74 Å². The number of rotatable bonds is 2. The lowest BCUT2D eigenvalue weighted by molar-refractivity contribution is -0.131. The summed E-state index contributed by atoms with van der Waals surface area (Å²) in [5, 5.41) is 1.24. The third kappa shape index (κ3) is 2.34. The molecule has 2 unspecified atom stereocenters. The fourth-order valence-electron chi connectivity index (χ4n) is 5.90. The Hall–Kier alpha value is -1.81. The summed E-state index contributed by atoms with van der Waals surface area (Å²) in [7, 11) is 0. The quantitative estimate of drug-likeness (QED) is 0.668. The number of nitrogens with zero attached hydrogens (tertiary/aromatic N) is 1. The molecular weight excluding hydrogens is 312 g/mol. The second kappa shape index (κ2) is 5.60. The van der Waals surface area contributed by atoms with Gasteiger partial charge >= 0.3 is 5.97 Å². The van der Waals surface area contributed by atoms with Gasteiger partial charge in [-0.25, -0.2) is 0 Å². The van der Waals surface area contributed by atoms with E-state index in [1.54, 1.807) is 0 Å². The van der Waals surface area contributed by atoms with Gasteiger partial charge in [-0.1, -0.05) is 13.3 Å². The molecule has 0 radical (unpaired) electrons.